The molecular formula is C15H11F3N2OS. The van der Waals surface area contributed by atoms with E-state index in [-0.39, 0.29) is 4.99 Å². The van der Waals surface area contributed by atoms with E-state index in [9.17, 15) is 18.0 Å². The van der Waals surface area contributed by atoms with Crippen molar-refractivity contribution in [3.05, 3.63) is 65.2 Å². The Morgan fingerprint density at radius 1 is 1.05 bits per heavy atom. The minimum Gasteiger partial charge on any atom is -0.366 e. The predicted molar refractivity (Wildman–Crippen MR) is 81.7 cm³/mol. The van der Waals surface area contributed by atoms with Crippen LogP contribution in [0.25, 0.3) is 0 Å². The van der Waals surface area contributed by atoms with Crippen molar-refractivity contribution in [3.8, 4) is 0 Å². The Labute approximate surface area is 129 Å². The number of rotatable bonds is 3. The Hall–Kier alpha value is -2.41. The Kier molecular flexibility index (Phi) is 4.46. The molecule has 2 aromatic carbocycles. The average molecular weight is 324 g/mol. The lowest BCUT2D eigenvalue weighted by Gasteiger charge is -2.11. The molecule has 0 aliphatic heterocycles. The van der Waals surface area contributed by atoms with Crippen LogP contribution < -0.4 is 11.1 Å². The Balaban J connectivity index is 2.15. The molecule has 22 heavy (non-hydrogen) atoms. The molecule has 2 rings (SSSR count). The summed E-state index contributed by atoms with van der Waals surface area (Å²) in [4.78, 5) is 11.4. The molecule has 7 heteroatoms. The van der Waals surface area contributed by atoms with Gasteiger partial charge in [0.25, 0.3) is 0 Å². The monoisotopic (exact) mass is 324 g/mol. The number of hydrogen-bond acceptors (Lipinski definition) is 2. The quantitative estimate of drug-likeness (QED) is 0.848. The summed E-state index contributed by atoms with van der Waals surface area (Å²) in [5, 5.41) is 2.81. The summed E-state index contributed by atoms with van der Waals surface area (Å²) < 4.78 is 37.4. The Morgan fingerprint density at radius 3 is 2.18 bits per heavy atom. The van der Waals surface area contributed by atoms with Gasteiger partial charge < -0.3 is 11.1 Å². The summed E-state index contributed by atoms with van der Waals surface area (Å²) in [5.74, 6) is -0.584. The molecule has 0 fully saturated rings. The van der Waals surface area contributed by atoms with Crippen molar-refractivity contribution in [2.45, 2.75) is 6.18 Å². The van der Waals surface area contributed by atoms with Crippen LogP contribution in [0.15, 0.2) is 48.5 Å². The van der Waals surface area contributed by atoms with Crippen LogP contribution in [0.4, 0.5) is 18.9 Å². The number of thiocarbonyl (C=S) groups is 1. The first kappa shape index (κ1) is 16.0. The van der Waals surface area contributed by atoms with Gasteiger partial charge in [0.2, 0.25) is 5.91 Å². The number of carbonyl (C=O) groups is 1. The number of primary amides is 1. The fourth-order valence-corrected chi connectivity index (χ4v) is 2.00. The molecule has 0 aliphatic carbocycles. The molecule has 0 aliphatic rings. The summed E-state index contributed by atoms with van der Waals surface area (Å²) in [7, 11) is 0. The summed E-state index contributed by atoms with van der Waals surface area (Å²) in [6, 6.07) is 10.9. The van der Waals surface area contributed by atoms with Gasteiger partial charge in [-0.15, -0.1) is 0 Å². The van der Waals surface area contributed by atoms with Crippen LogP contribution in [0.5, 0.6) is 0 Å². The maximum absolute atomic E-state index is 12.5. The van der Waals surface area contributed by atoms with Crippen molar-refractivity contribution in [3.63, 3.8) is 0 Å². The highest BCUT2D eigenvalue weighted by molar-refractivity contribution is 7.81. The lowest BCUT2D eigenvalue weighted by Crippen LogP contribution is -2.14. The first-order valence-electron chi connectivity index (χ1n) is 6.16. The molecule has 0 atom stereocenters. The van der Waals surface area contributed by atoms with Crippen molar-refractivity contribution in [1.82, 2.24) is 0 Å². The van der Waals surface area contributed by atoms with E-state index in [4.69, 9.17) is 18.0 Å². The number of nitrogens with two attached hydrogens (primary N) is 1. The van der Waals surface area contributed by atoms with Gasteiger partial charge in [-0.05, 0) is 36.4 Å². The standard InChI is InChI=1S/C15H11F3N2OS/c16-15(17,18)11-4-6-12(7-5-11)20-14(22)10-3-1-2-9(8-10)13(19)21/h1-8H,(H2,19,21)(H,20,22). The number of amides is 1. The molecule has 1 amide bonds. The molecule has 0 heterocycles. The van der Waals surface area contributed by atoms with Crippen LogP contribution in [0.3, 0.4) is 0 Å². The van der Waals surface area contributed by atoms with E-state index >= 15 is 0 Å². The number of halogens is 3. The smallest absolute Gasteiger partial charge is 0.366 e. The fourth-order valence-electron chi connectivity index (χ4n) is 1.76. The first-order valence-corrected chi connectivity index (χ1v) is 6.56. The van der Waals surface area contributed by atoms with Gasteiger partial charge in [-0.3, -0.25) is 4.79 Å². The van der Waals surface area contributed by atoms with Gasteiger partial charge in [0, 0.05) is 16.8 Å². The number of nitrogens with one attached hydrogen (secondary N) is 1. The molecule has 0 unspecified atom stereocenters. The average Bonchev–Trinajstić information content (AvgIpc) is 2.47. The second-order valence-electron chi connectivity index (χ2n) is 4.47. The maximum atomic E-state index is 12.5. The Bertz CT molecular complexity index is 711. The zero-order valence-electron chi connectivity index (χ0n) is 11.1. The lowest BCUT2D eigenvalue weighted by atomic mass is 10.1. The molecule has 0 bridgehead atoms. The normalized spacial score (nSPS) is 11.0. The molecule has 0 spiro atoms. The number of anilines is 1. The topological polar surface area (TPSA) is 55.1 Å². The van der Waals surface area contributed by atoms with Gasteiger partial charge in [-0.1, -0.05) is 24.4 Å². The third-order valence-corrected chi connectivity index (χ3v) is 3.22. The van der Waals surface area contributed by atoms with E-state index < -0.39 is 17.6 Å². The molecular weight excluding hydrogens is 313 g/mol. The Morgan fingerprint density at radius 2 is 1.64 bits per heavy atom. The van der Waals surface area contributed by atoms with Gasteiger partial charge in [0.1, 0.15) is 4.99 Å². The lowest BCUT2D eigenvalue weighted by molar-refractivity contribution is -0.137. The predicted octanol–water partition coefficient (Wildman–Crippen LogP) is 3.59. The third kappa shape index (κ3) is 3.82. The molecule has 0 saturated heterocycles. The molecule has 3 N–H and O–H groups in total. The van der Waals surface area contributed by atoms with E-state index in [1.54, 1.807) is 18.2 Å². The largest absolute Gasteiger partial charge is 0.416 e. The second kappa shape index (κ2) is 6.15. The third-order valence-electron chi connectivity index (χ3n) is 2.88. The minimum absolute atomic E-state index is 0.280. The van der Waals surface area contributed by atoms with Crippen LogP contribution in [0.1, 0.15) is 21.5 Å². The van der Waals surface area contributed by atoms with E-state index in [2.05, 4.69) is 5.32 Å². The fraction of sp³-hybridized carbons (Fsp3) is 0.0667. The van der Waals surface area contributed by atoms with Gasteiger partial charge >= 0.3 is 6.18 Å². The molecule has 2 aromatic rings. The second-order valence-corrected chi connectivity index (χ2v) is 4.88. The van der Waals surface area contributed by atoms with E-state index in [1.165, 1.54) is 18.2 Å². The SMILES string of the molecule is NC(=O)c1cccc(C(=S)Nc2ccc(C(F)(F)F)cc2)c1. The summed E-state index contributed by atoms with van der Waals surface area (Å²) >= 11 is 5.17. The summed E-state index contributed by atoms with van der Waals surface area (Å²) in [6.45, 7) is 0. The molecule has 0 aromatic heterocycles. The number of benzene rings is 2. The van der Waals surface area contributed by atoms with Gasteiger partial charge in [-0.25, -0.2) is 0 Å². The van der Waals surface area contributed by atoms with Crippen LogP contribution in [0.2, 0.25) is 0 Å². The minimum atomic E-state index is -4.38. The van der Waals surface area contributed by atoms with Crippen molar-refractivity contribution >= 4 is 28.8 Å². The highest BCUT2D eigenvalue weighted by Gasteiger charge is 2.29. The number of alkyl halides is 3. The zero-order chi connectivity index (χ0) is 16.3. The molecule has 0 radical (unpaired) electrons. The highest BCUT2D eigenvalue weighted by atomic mass is 32.1. The van der Waals surface area contributed by atoms with Gasteiger partial charge in [0.15, 0.2) is 0 Å². The maximum Gasteiger partial charge on any atom is 0.416 e. The van der Waals surface area contributed by atoms with E-state index in [1.807, 2.05) is 0 Å². The van der Waals surface area contributed by atoms with Crippen molar-refractivity contribution in [1.29, 1.82) is 0 Å². The summed E-state index contributed by atoms with van der Waals surface area (Å²) in [6.07, 6.45) is -4.38. The van der Waals surface area contributed by atoms with E-state index in [0.717, 1.165) is 12.1 Å². The van der Waals surface area contributed by atoms with Crippen molar-refractivity contribution in [2.75, 3.05) is 5.32 Å². The number of hydrogen-bond donors (Lipinski definition) is 2. The number of carbonyl (C=O) groups excluding carboxylic acids is 1. The van der Waals surface area contributed by atoms with Crippen LogP contribution >= 0.6 is 12.2 Å². The van der Waals surface area contributed by atoms with E-state index in [0.29, 0.717) is 16.8 Å². The first-order chi connectivity index (χ1) is 10.3. The molecule has 0 saturated carbocycles. The highest BCUT2D eigenvalue weighted by Crippen LogP contribution is 2.29. The molecule has 3 nitrogen and oxygen atoms in total. The van der Waals surface area contributed by atoms with Gasteiger partial charge in [-0.2, -0.15) is 13.2 Å². The zero-order valence-corrected chi connectivity index (χ0v) is 12.0. The van der Waals surface area contributed by atoms with Gasteiger partial charge in [0.05, 0.1) is 5.56 Å². The molecule has 114 valence electrons. The summed E-state index contributed by atoms with van der Waals surface area (Å²) in [5.41, 5.74) is 5.71. The van der Waals surface area contributed by atoms with Crippen molar-refractivity contribution in [2.24, 2.45) is 5.73 Å². The van der Waals surface area contributed by atoms with Crippen LogP contribution in [-0.2, 0) is 6.18 Å². The van der Waals surface area contributed by atoms with Crippen LogP contribution in [-0.4, -0.2) is 10.9 Å². The van der Waals surface area contributed by atoms with Crippen LogP contribution in [0, 0.1) is 0 Å². The van der Waals surface area contributed by atoms with Crippen molar-refractivity contribution < 1.29 is 18.0 Å².